The molecule has 0 aliphatic rings. The molecular formula is C14H14N4O. The number of fused-ring (bicyclic) bond motifs is 1. The molecule has 2 aromatic heterocycles. The summed E-state index contributed by atoms with van der Waals surface area (Å²) in [6.45, 7) is 5.93. The SMILES string of the molecule is Cc1cc(-c2nc3cc(C)c(C)cc3[nH]c2=O)n[nH]1. The standard InChI is InChI=1S/C14H14N4O/c1-7-4-10-11(5-8(7)2)16-14(19)13(15-10)12-6-9(3)17-18-12/h4-6H,1-3H3,(H,16,19)(H,17,18). The molecule has 0 aliphatic heterocycles. The van der Waals surface area contributed by atoms with E-state index in [1.54, 1.807) is 0 Å². The maximum absolute atomic E-state index is 12.1. The number of aryl methyl sites for hydroxylation is 3. The first-order chi connectivity index (χ1) is 9.04. The summed E-state index contributed by atoms with van der Waals surface area (Å²) in [6, 6.07) is 5.73. The van der Waals surface area contributed by atoms with Crippen LogP contribution < -0.4 is 5.56 Å². The maximum atomic E-state index is 12.1. The molecule has 2 heterocycles. The molecule has 0 aliphatic carbocycles. The first kappa shape index (κ1) is 11.6. The van der Waals surface area contributed by atoms with Crippen LogP contribution in [0.3, 0.4) is 0 Å². The lowest BCUT2D eigenvalue weighted by molar-refractivity contribution is 1.04. The molecule has 3 rings (SSSR count). The number of H-pyrrole nitrogens is 2. The van der Waals surface area contributed by atoms with Gasteiger partial charge in [0.15, 0.2) is 5.69 Å². The number of rotatable bonds is 1. The van der Waals surface area contributed by atoms with Gasteiger partial charge in [0.25, 0.3) is 5.56 Å². The van der Waals surface area contributed by atoms with Crippen LogP contribution in [0.15, 0.2) is 23.0 Å². The minimum atomic E-state index is -0.220. The first-order valence-corrected chi connectivity index (χ1v) is 6.08. The van der Waals surface area contributed by atoms with Crippen molar-refractivity contribution in [3.8, 4) is 11.4 Å². The fourth-order valence-electron chi connectivity index (χ4n) is 2.06. The first-order valence-electron chi connectivity index (χ1n) is 6.08. The van der Waals surface area contributed by atoms with Crippen LogP contribution in [0.5, 0.6) is 0 Å². The third kappa shape index (κ3) is 1.93. The zero-order chi connectivity index (χ0) is 13.6. The molecule has 19 heavy (non-hydrogen) atoms. The second-order valence-corrected chi connectivity index (χ2v) is 4.80. The van der Waals surface area contributed by atoms with Gasteiger partial charge in [-0.15, -0.1) is 0 Å². The van der Waals surface area contributed by atoms with Crippen molar-refractivity contribution in [1.29, 1.82) is 0 Å². The van der Waals surface area contributed by atoms with Gasteiger partial charge in [0.2, 0.25) is 0 Å². The zero-order valence-electron chi connectivity index (χ0n) is 11.0. The lowest BCUT2D eigenvalue weighted by Gasteiger charge is -2.04. The van der Waals surface area contributed by atoms with Gasteiger partial charge >= 0.3 is 0 Å². The van der Waals surface area contributed by atoms with Gasteiger partial charge in [-0.25, -0.2) is 4.98 Å². The molecule has 0 amide bonds. The van der Waals surface area contributed by atoms with E-state index in [0.717, 1.165) is 27.9 Å². The van der Waals surface area contributed by atoms with Crippen molar-refractivity contribution >= 4 is 11.0 Å². The van der Waals surface area contributed by atoms with Gasteiger partial charge in [-0.05, 0) is 50.1 Å². The third-order valence-corrected chi connectivity index (χ3v) is 3.26. The highest BCUT2D eigenvalue weighted by Crippen LogP contribution is 2.18. The Morgan fingerprint density at radius 2 is 1.79 bits per heavy atom. The predicted molar refractivity (Wildman–Crippen MR) is 74.2 cm³/mol. The van der Waals surface area contributed by atoms with Crippen LogP contribution in [0.1, 0.15) is 16.8 Å². The van der Waals surface area contributed by atoms with Gasteiger partial charge in [0.1, 0.15) is 5.69 Å². The highest BCUT2D eigenvalue weighted by atomic mass is 16.1. The average molecular weight is 254 g/mol. The molecular weight excluding hydrogens is 240 g/mol. The van der Waals surface area contributed by atoms with E-state index in [1.165, 1.54) is 0 Å². The Labute approximate surface area is 109 Å². The van der Waals surface area contributed by atoms with E-state index in [1.807, 2.05) is 39.0 Å². The van der Waals surface area contributed by atoms with Crippen LogP contribution in [0.2, 0.25) is 0 Å². The Kier molecular flexibility index (Phi) is 2.48. The predicted octanol–water partition coefficient (Wildman–Crippen LogP) is 2.24. The van der Waals surface area contributed by atoms with Crippen molar-refractivity contribution < 1.29 is 0 Å². The smallest absolute Gasteiger partial charge is 0.276 e. The average Bonchev–Trinajstić information content (AvgIpc) is 2.77. The van der Waals surface area contributed by atoms with Gasteiger partial charge in [-0.3, -0.25) is 9.89 Å². The molecule has 0 atom stereocenters. The highest BCUT2D eigenvalue weighted by molar-refractivity contribution is 5.78. The van der Waals surface area contributed by atoms with E-state index in [0.29, 0.717) is 11.4 Å². The maximum Gasteiger partial charge on any atom is 0.276 e. The molecule has 0 radical (unpaired) electrons. The summed E-state index contributed by atoms with van der Waals surface area (Å²) < 4.78 is 0. The summed E-state index contributed by atoms with van der Waals surface area (Å²) in [4.78, 5) is 19.4. The fraction of sp³-hybridized carbons (Fsp3) is 0.214. The molecule has 0 bridgehead atoms. The van der Waals surface area contributed by atoms with Crippen molar-refractivity contribution in [2.45, 2.75) is 20.8 Å². The normalized spacial score (nSPS) is 11.1. The quantitative estimate of drug-likeness (QED) is 0.699. The Bertz CT molecular complexity index is 829. The van der Waals surface area contributed by atoms with E-state index >= 15 is 0 Å². The Morgan fingerprint density at radius 3 is 2.47 bits per heavy atom. The molecule has 5 nitrogen and oxygen atoms in total. The number of aromatic amines is 2. The lowest BCUT2D eigenvalue weighted by atomic mass is 10.1. The summed E-state index contributed by atoms with van der Waals surface area (Å²) in [5.74, 6) is 0. The zero-order valence-corrected chi connectivity index (χ0v) is 11.0. The fourth-order valence-corrected chi connectivity index (χ4v) is 2.06. The van der Waals surface area contributed by atoms with Gasteiger partial charge < -0.3 is 4.98 Å². The Balaban J connectivity index is 2.30. The molecule has 0 fully saturated rings. The van der Waals surface area contributed by atoms with Crippen LogP contribution in [0.4, 0.5) is 0 Å². The molecule has 0 saturated carbocycles. The summed E-state index contributed by atoms with van der Waals surface area (Å²) in [7, 11) is 0. The molecule has 0 spiro atoms. The van der Waals surface area contributed by atoms with E-state index in [-0.39, 0.29) is 5.56 Å². The largest absolute Gasteiger partial charge is 0.319 e. The van der Waals surface area contributed by atoms with Crippen molar-refractivity contribution in [1.82, 2.24) is 20.2 Å². The number of aromatic nitrogens is 4. The number of nitrogens with zero attached hydrogens (tertiary/aromatic N) is 2. The summed E-state index contributed by atoms with van der Waals surface area (Å²) >= 11 is 0. The minimum Gasteiger partial charge on any atom is -0.319 e. The van der Waals surface area contributed by atoms with Gasteiger partial charge in [0.05, 0.1) is 11.0 Å². The second kappa shape index (κ2) is 4.05. The van der Waals surface area contributed by atoms with Crippen LogP contribution in [0.25, 0.3) is 22.4 Å². The molecule has 0 unspecified atom stereocenters. The Morgan fingerprint density at radius 1 is 1.05 bits per heavy atom. The third-order valence-electron chi connectivity index (χ3n) is 3.26. The minimum absolute atomic E-state index is 0.220. The number of hydrogen-bond acceptors (Lipinski definition) is 3. The summed E-state index contributed by atoms with van der Waals surface area (Å²) in [5, 5.41) is 6.91. The summed E-state index contributed by atoms with van der Waals surface area (Å²) in [5.41, 5.74) is 5.41. The summed E-state index contributed by atoms with van der Waals surface area (Å²) in [6.07, 6.45) is 0. The van der Waals surface area contributed by atoms with E-state index in [2.05, 4.69) is 20.2 Å². The molecule has 1 aromatic carbocycles. The van der Waals surface area contributed by atoms with Gasteiger partial charge in [0, 0.05) is 5.69 Å². The number of nitrogens with one attached hydrogen (secondary N) is 2. The van der Waals surface area contributed by atoms with Crippen molar-refractivity contribution in [2.24, 2.45) is 0 Å². The monoisotopic (exact) mass is 254 g/mol. The van der Waals surface area contributed by atoms with Crippen LogP contribution in [0, 0.1) is 20.8 Å². The van der Waals surface area contributed by atoms with Crippen molar-refractivity contribution in [3.63, 3.8) is 0 Å². The van der Waals surface area contributed by atoms with Crippen molar-refractivity contribution in [3.05, 3.63) is 45.4 Å². The van der Waals surface area contributed by atoms with Crippen LogP contribution in [-0.4, -0.2) is 20.2 Å². The van der Waals surface area contributed by atoms with Gasteiger partial charge in [-0.2, -0.15) is 5.10 Å². The van der Waals surface area contributed by atoms with Crippen LogP contribution in [-0.2, 0) is 0 Å². The van der Waals surface area contributed by atoms with E-state index in [4.69, 9.17) is 0 Å². The van der Waals surface area contributed by atoms with E-state index in [9.17, 15) is 4.79 Å². The number of benzene rings is 1. The molecule has 96 valence electrons. The molecule has 2 N–H and O–H groups in total. The highest BCUT2D eigenvalue weighted by Gasteiger charge is 2.11. The number of hydrogen-bond donors (Lipinski definition) is 2. The van der Waals surface area contributed by atoms with Crippen LogP contribution >= 0.6 is 0 Å². The van der Waals surface area contributed by atoms with Crippen molar-refractivity contribution in [2.75, 3.05) is 0 Å². The molecule has 0 saturated heterocycles. The molecule has 3 aromatic rings. The molecule has 5 heteroatoms. The van der Waals surface area contributed by atoms with E-state index < -0.39 is 0 Å². The van der Waals surface area contributed by atoms with Gasteiger partial charge in [-0.1, -0.05) is 0 Å². The topological polar surface area (TPSA) is 74.4 Å². The lowest BCUT2D eigenvalue weighted by Crippen LogP contribution is -2.12. The Hall–Kier alpha value is -2.43. The second-order valence-electron chi connectivity index (χ2n) is 4.80.